The highest BCUT2D eigenvalue weighted by Gasteiger charge is 2.26. The van der Waals surface area contributed by atoms with Crippen molar-refractivity contribution in [2.75, 3.05) is 6.61 Å². The SMILES string of the molecule is FC(F)(F)CCOCc1cccc(-c2nc(CCl)cs2)c1. The Bertz CT molecular complexity index is 586. The number of rotatable bonds is 6. The van der Waals surface area contributed by atoms with Crippen LogP contribution in [-0.2, 0) is 17.2 Å². The zero-order valence-electron chi connectivity index (χ0n) is 11.0. The highest BCUT2D eigenvalue weighted by atomic mass is 35.5. The van der Waals surface area contributed by atoms with Crippen LogP contribution in [0, 0.1) is 0 Å². The molecule has 0 aliphatic rings. The summed E-state index contributed by atoms with van der Waals surface area (Å²) < 4.78 is 41.1. The van der Waals surface area contributed by atoms with Crippen LogP contribution >= 0.6 is 22.9 Å². The number of thiazole rings is 1. The summed E-state index contributed by atoms with van der Waals surface area (Å²) >= 11 is 7.20. The Morgan fingerprint density at radius 1 is 1.29 bits per heavy atom. The molecule has 0 radical (unpaired) electrons. The summed E-state index contributed by atoms with van der Waals surface area (Å²) in [6.07, 6.45) is -5.11. The second kappa shape index (κ2) is 7.24. The van der Waals surface area contributed by atoms with E-state index in [2.05, 4.69) is 4.98 Å². The number of alkyl halides is 4. The van der Waals surface area contributed by atoms with Gasteiger partial charge < -0.3 is 4.74 Å². The Kier molecular flexibility index (Phi) is 5.61. The normalized spacial score (nSPS) is 11.8. The Morgan fingerprint density at radius 2 is 2.10 bits per heavy atom. The number of benzene rings is 1. The van der Waals surface area contributed by atoms with E-state index < -0.39 is 12.6 Å². The van der Waals surface area contributed by atoms with Crippen LogP contribution < -0.4 is 0 Å². The lowest BCUT2D eigenvalue weighted by atomic mass is 10.1. The van der Waals surface area contributed by atoms with Gasteiger partial charge in [-0.15, -0.1) is 22.9 Å². The number of hydrogen-bond donors (Lipinski definition) is 0. The van der Waals surface area contributed by atoms with Gasteiger partial charge in [0, 0.05) is 10.9 Å². The molecule has 0 atom stereocenters. The van der Waals surface area contributed by atoms with Gasteiger partial charge in [-0.05, 0) is 11.6 Å². The molecule has 0 fully saturated rings. The molecule has 1 aromatic heterocycles. The van der Waals surface area contributed by atoms with Gasteiger partial charge in [-0.2, -0.15) is 13.2 Å². The van der Waals surface area contributed by atoms with Crippen molar-refractivity contribution >= 4 is 22.9 Å². The quantitative estimate of drug-likeness (QED) is 0.546. The van der Waals surface area contributed by atoms with Crippen LogP contribution in [0.3, 0.4) is 0 Å². The molecule has 0 amide bonds. The van der Waals surface area contributed by atoms with Crippen LogP contribution in [-0.4, -0.2) is 17.8 Å². The highest BCUT2D eigenvalue weighted by molar-refractivity contribution is 7.13. The van der Waals surface area contributed by atoms with Crippen LogP contribution in [0.15, 0.2) is 29.6 Å². The predicted molar refractivity (Wildman–Crippen MR) is 77.4 cm³/mol. The number of hydrogen-bond acceptors (Lipinski definition) is 3. The van der Waals surface area contributed by atoms with E-state index in [-0.39, 0.29) is 13.2 Å². The average Bonchev–Trinajstić information content (AvgIpc) is 2.92. The van der Waals surface area contributed by atoms with Gasteiger partial charge in [0.2, 0.25) is 0 Å². The molecule has 2 rings (SSSR count). The molecule has 7 heteroatoms. The minimum Gasteiger partial charge on any atom is -0.376 e. The first-order valence-electron chi connectivity index (χ1n) is 6.22. The zero-order chi connectivity index (χ0) is 15.3. The summed E-state index contributed by atoms with van der Waals surface area (Å²) in [6, 6.07) is 7.41. The van der Waals surface area contributed by atoms with Crippen LogP contribution in [0.4, 0.5) is 13.2 Å². The summed E-state index contributed by atoms with van der Waals surface area (Å²) in [5.41, 5.74) is 2.54. The molecular weight excluding hydrogens is 323 g/mol. The standard InChI is InChI=1S/C14H13ClF3NOS/c15-7-12-9-21-13(19-12)11-3-1-2-10(6-11)8-20-5-4-14(16,17)18/h1-3,6,9H,4-5,7-8H2. The fourth-order valence-electron chi connectivity index (χ4n) is 1.67. The van der Waals surface area contributed by atoms with E-state index in [1.165, 1.54) is 11.3 Å². The van der Waals surface area contributed by atoms with E-state index in [1.807, 2.05) is 29.6 Å². The minimum absolute atomic E-state index is 0.150. The van der Waals surface area contributed by atoms with Crippen molar-refractivity contribution in [2.45, 2.75) is 25.1 Å². The van der Waals surface area contributed by atoms with Gasteiger partial charge in [0.25, 0.3) is 0 Å². The first-order valence-corrected chi connectivity index (χ1v) is 7.63. The molecule has 0 saturated carbocycles. The molecule has 114 valence electrons. The first kappa shape index (κ1) is 16.3. The molecule has 21 heavy (non-hydrogen) atoms. The van der Waals surface area contributed by atoms with Crippen molar-refractivity contribution in [1.29, 1.82) is 0 Å². The maximum atomic E-state index is 12.0. The molecular formula is C14H13ClF3NOS. The maximum Gasteiger partial charge on any atom is 0.391 e. The third kappa shape index (κ3) is 5.30. The Labute approximate surface area is 129 Å². The Balaban J connectivity index is 1.95. The maximum absolute atomic E-state index is 12.0. The summed E-state index contributed by atoms with van der Waals surface area (Å²) in [5, 5.41) is 2.72. The molecule has 0 N–H and O–H groups in total. The molecule has 0 bridgehead atoms. The van der Waals surface area contributed by atoms with Gasteiger partial charge in [-0.1, -0.05) is 18.2 Å². The van der Waals surface area contributed by atoms with Crippen molar-refractivity contribution in [3.63, 3.8) is 0 Å². The molecule has 0 spiro atoms. The molecule has 0 saturated heterocycles. The van der Waals surface area contributed by atoms with Gasteiger partial charge >= 0.3 is 6.18 Å². The van der Waals surface area contributed by atoms with E-state index in [0.717, 1.165) is 21.8 Å². The number of ether oxygens (including phenoxy) is 1. The lowest BCUT2D eigenvalue weighted by Gasteiger charge is -2.08. The van der Waals surface area contributed by atoms with Gasteiger partial charge in [-0.25, -0.2) is 4.98 Å². The van der Waals surface area contributed by atoms with E-state index in [1.54, 1.807) is 0 Å². The van der Waals surface area contributed by atoms with Gasteiger partial charge in [0.15, 0.2) is 0 Å². The molecule has 0 aliphatic carbocycles. The van der Waals surface area contributed by atoms with Crippen molar-refractivity contribution in [3.8, 4) is 10.6 Å². The van der Waals surface area contributed by atoms with E-state index >= 15 is 0 Å². The highest BCUT2D eigenvalue weighted by Crippen LogP contribution is 2.25. The third-order valence-corrected chi connectivity index (χ3v) is 3.88. The zero-order valence-corrected chi connectivity index (χ0v) is 12.6. The van der Waals surface area contributed by atoms with Crippen molar-refractivity contribution in [1.82, 2.24) is 4.98 Å². The van der Waals surface area contributed by atoms with Gasteiger partial charge in [0.05, 0.1) is 31.2 Å². The molecule has 1 aromatic carbocycles. The second-order valence-electron chi connectivity index (χ2n) is 4.40. The van der Waals surface area contributed by atoms with Crippen LogP contribution in [0.1, 0.15) is 17.7 Å². The smallest absolute Gasteiger partial charge is 0.376 e. The topological polar surface area (TPSA) is 22.1 Å². The lowest BCUT2D eigenvalue weighted by molar-refractivity contribution is -0.146. The van der Waals surface area contributed by atoms with Crippen molar-refractivity contribution in [2.24, 2.45) is 0 Å². The number of nitrogens with zero attached hydrogens (tertiary/aromatic N) is 1. The monoisotopic (exact) mass is 335 g/mol. The van der Waals surface area contributed by atoms with Crippen LogP contribution in [0.5, 0.6) is 0 Å². The minimum atomic E-state index is -4.18. The van der Waals surface area contributed by atoms with E-state index in [4.69, 9.17) is 16.3 Å². The number of halogens is 4. The number of aromatic nitrogens is 1. The van der Waals surface area contributed by atoms with Crippen LogP contribution in [0.25, 0.3) is 10.6 Å². The van der Waals surface area contributed by atoms with E-state index in [0.29, 0.717) is 5.88 Å². The summed E-state index contributed by atoms with van der Waals surface area (Å²) in [5.74, 6) is 0.358. The summed E-state index contributed by atoms with van der Waals surface area (Å²) in [7, 11) is 0. The predicted octanol–water partition coefficient (Wildman–Crippen LogP) is 5.02. The average molecular weight is 336 g/mol. The molecule has 0 unspecified atom stereocenters. The van der Waals surface area contributed by atoms with Crippen molar-refractivity contribution < 1.29 is 17.9 Å². The van der Waals surface area contributed by atoms with Crippen LogP contribution in [0.2, 0.25) is 0 Å². The Hall–Kier alpha value is -1.11. The van der Waals surface area contributed by atoms with Crippen molar-refractivity contribution in [3.05, 3.63) is 40.9 Å². The summed E-state index contributed by atoms with van der Waals surface area (Å²) in [4.78, 5) is 4.37. The molecule has 0 aliphatic heterocycles. The lowest BCUT2D eigenvalue weighted by Crippen LogP contribution is -2.11. The fraction of sp³-hybridized carbons (Fsp3) is 0.357. The second-order valence-corrected chi connectivity index (χ2v) is 5.52. The first-order chi connectivity index (χ1) is 9.98. The van der Waals surface area contributed by atoms with E-state index in [9.17, 15) is 13.2 Å². The molecule has 2 aromatic rings. The fourth-order valence-corrected chi connectivity index (χ4v) is 2.72. The molecule has 1 heterocycles. The molecule has 2 nitrogen and oxygen atoms in total. The summed E-state index contributed by atoms with van der Waals surface area (Å²) in [6.45, 7) is -0.182. The third-order valence-electron chi connectivity index (χ3n) is 2.66. The Morgan fingerprint density at radius 3 is 2.76 bits per heavy atom. The van der Waals surface area contributed by atoms with Gasteiger partial charge in [-0.3, -0.25) is 0 Å². The van der Waals surface area contributed by atoms with Gasteiger partial charge in [0.1, 0.15) is 5.01 Å². The largest absolute Gasteiger partial charge is 0.391 e.